The van der Waals surface area contributed by atoms with Crippen molar-refractivity contribution in [2.24, 2.45) is 0 Å². The van der Waals surface area contributed by atoms with Gasteiger partial charge in [0.25, 0.3) is 5.22 Å². The van der Waals surface area contributed by atoms with E-state index in [9.17, 15) is 8.42 Å². The molecule has 0 saturated heterocycles. The van der Waals surface area contributed by atoms with E-state index in [1.807, 2.05) is 24.3 Å². The Bertz CT molecular complexity index is 653. The van der Waals surface area contributed by atoms with E-state index in [4.69, 9.17) is 4.42 Å². The third kappa shape index (κ3) is 4.63. The number of nitrogens with zero attached hydrogens (tertiary/aromatic N) is 2. The largest absolute Gasteiger partial charge is 0.411 e. The smallest absolute Gasteiger partial charge is 0.276 e. The lowest BCUT2D eigenvalue weighted by molar-refractivity contribution is 0.466. The van der Waals surface area contributed by atoms with E-state index in [1.165, 1.54) is 18.0 Å². The van der Waals surface area contributed by atoms with Crippen LogP contribution in [0.4, 0.5) is 0 Å². The number of hydrogen-bond donors (Lipinski definition) is 0. The Hall–Kier alpha value is -0.860. The van der Waals surface area contributed by atoms with Crippen molar-refractivity contribution >= 4 is 37.5 Å². The highest BCUT2D eigenvalue weighted by Crippen LogP contribution is 2.24. The number of halogens is 1. The van der Waals surface area contributed by atoms with Crippen LogP contribution in [-0.4, -0.2) is 36.4 Å². The summed E-state index contributed by atoms with van der Waals surface area (Å²) in [5.41, 5.74) is 0.825. The molecule has 0 amide bonds. The molecular formula is C11H11BrN2O3S2. The summed E-state index contributed by atoms with van der Waals surface area (Å²) >= 11 is 4.59. The number of hydrogen-bond acceptors (Lipinski definition) is 6. The summed E-state index contributed by atoms with van der Waals surface area (Å²) in [6.45, 7) is 0. The summed E-state index contributed by atoms with van der Waals surface area (Å²) in [6, 6.07) is 7.50. The fraction of sp³-hybridized carbons (Fsp3) is 0.273. The molecule has 1 aromatic heterocycles. The highest BCUT2D eigenvalue weighted by atomic mass is 79.9. The van der Waals surface area contributed by atoms with Crippen LogP contribution < -0.4 is 0 Å². The van der Waals surface area contributed by atoms with Crippen LogP contribution in [0.1, 0.15) is 0 Å². The Labute approximate surface area is 123 Å². The third-order valence-electron chi connectivity index (χ3n) is 2.18. The quantitative estimate of drug-likeness (QED) is 0.761. The summed E-state index contributed by atoms with van der Waals surface area (Å²) in [5, 5.41) is 8.18. The van der Waals surface area contributed by atoms with Crippen LogP contribution in [0.15, 0.2) is 38.4 Å². The molecule has 1 aromatic carbocycles. The average molecular weight is 363 g/mol. The van der Waals surface area contributed by atoms with Crippen molar-refractivity contribution in [3.05, 3.63) is 28.7 Å². The molecule has 0 fully saturated rings. The third-order valence-corrected chi connectivity index (χ3v) is 4.73. The summed E-state index contributed by atoms with van der Waals surface area (Å²) in [5.74, 6) is 0.920. The lowest BCUT2D eigenvalue weighted by Crippen LogP contribution is -2.04. The number of sulfone groups is 1. The molecule has 5 nitrogen and oxygen atoms in total. The predicted octanol–water partition coefficient (Wildman–Crippen LogP) is 2.64. The first kappa shape index (κ1) is 14.5. The highest BCUT2D eigenvalue weighted by molar-refractivity contribution is 9.10. The van der Waals surface area contributed by atoms with Crippen LogP contribution in [0.3, 0.4) is 0 Å². The molecule has 8 heteroatoms. The maximum absolute atomic E-state index is 11.0. The fourth-order valence-corrected chi connectivity index (χ4v) is 3.48. The summed E-state index contributed by atoms with van der Waals surface area (Å²) in [7, 11) is -2.96. The van der Waals surface area contributed by atoms with E-state index in [2.05, 4.69) is 26.1 Å². The van der Waals surface area contributed by atoms with Crippen LogP contribution in [0.2, 0.25) is 0 Å². The maximum atomic E-state index is 11.0. The lowest BCUT2D eigenvalue weighted by atomic mass is 10.2. The minimum Gasteiger partial charge on any atom is -0.411 e. The zero-order chi connectivity index (χ0) is 13.9. The Kier molecular flexibility index (Phi) is 4.64. The predicted molar refractivity (Wildman–Crippen MR) is 77.9 cm³/mol. The van der Waals surface area contributed by atoms with Gasteiger partial charge in [-0.2, -0.15) is 0 Å². The zero-order valence-electron chi connectivity index (χ0n) is 10.0. The molecule has 0 aliphatic heterocycles. The van der Waals surface area contributed by atoms with Crippen LogP contribution in [0.25, 0.3) is 11.5 Å². The molecule has 2 aromatic rings. The van der Waals surface area contributed by atoms with Gasteiger partial charge in [0.15, 0.2) is 0 Å². The summed E-state index contributed by atoms with van der Waals surface area (Å²) < 4.78 is 28.4. The van der Waals surface area contributed by atoms with Gasteiger partial charge in [0.05, 0.1) is 5.75 Å². The molecule has 2 rings (SSSR count). The van der Waals surface area contributed by atoms with Crippen molar-refractivity contribution in [3.8, 4) is 11.5 Å². The van der Waals surface area contributed by atoms with Crippen molar-refractivity contribution in [2.75, 3.05) is 17.8 Å². The molecule has 0 saturated carbocycles. The first-order valence-corrected chi connectivity index (χ1v) is 9.18. The van der Waals surface area contributed by atoms with Crippen LogP contribution in [0.5, 0.6) is 0 Å². The van der Waals surface area contributed by atoms with Crippen LogP contribution >= 0.6 is 27.7 Å². The van der Waals surface area contributed by atoms with E-state index < -0.39 is 9.84 Å². The van der Waals surface area contributed by atoms with E-state index in [1.54, 1.807) is 0 Å². The van der Waals surface area contributed by atoms with Gasteiger partial charge in [-0.15, -0.1) is 10.2 Å². The van der Waals surface area contributed by atoms with E-state index >= 15 is 0 Å². The second-order valence-corrected chi connectivity index (χ2v) is 8.08. The van der Waals surface area contributed by atoms with Gasteiger partial charge in [0.1, 0.15) is 9.84 Å². The second kappa shape index (κ2) is 6.06. The fourth-order valence-electron chi connectivity index (χ4n) is 1.26. The Morgan fingerprint density at radius 3 is 2.58 bits per heavy atom. The number of thioether (sulfide) groups is 1. The van der Waals surface area contributed by atoms with Gasteiger partial charge in [-0.1, -0.05) is 27.7 Å². The Morgan fingerprint density at radius 1 is 1.26 bits per heavy atom. The van der Waals surface area contributed by atoms with Crippen molar-refractivity contribution in [1.82, 2.24) is 10.2 Å². The van der Waals surface area contributed by atoms with Gasteiger partial charge in [-0.3, -0.25) is 0 Å². The van der Waals surface area contributed by atoms with Crippen molar-refractivity contribution in [2.45, 2.75) is 5.22 Å². The van der Waals surface area contributed by atoms with Gasteiger partial charge in [-0.25, -0.2) is 8.42 Å². The van der Waals surface area contributed by atoms with E-state index in [-0.39, 0.29) is 5.75 Å². The Balaban J connectivity index is 2.01. The molecule has 102 valence electrons. The molecule has 0 unspecified atom stereocenters. The molecule has 0 bridgehead atoms. The molecular weight excluding hydrogens is 352 g/mol. The van der Waals surface area contributed by atoms with Crippen LogP contribution in [0, 0.1) is 0 Å². The van der Waals surface area contributed by atoms with Crippen molar-refractivity contribution in [1.29, 1.82) is 0 Å². The topological polar surface area (TPSA) is 73.1 Å². The summed E-state index contributed by atoms with van der Waals surface area (Å²) in [6.07, 6.45) is 1.20. The second-order valence-electron chi connectivity index (χ2n) is 3.86. The number of benzene rings is 1. The molecule has 0 atom stereocenters. The SMILES string of the molecule is CS(=O)(=O)CCSc1nnc(-c2ccc(Br)cc2)o1. The van der Waals surface area contributed by atoms with Gasteiger partial charge in [-0.05, 0) is 24.3 Å². The van der Waals surface area contributed by atoms with Crippen LogP contribution in [-0.2, 0) is 9.84 Å². The van der Waals surface area contributed by atoms with Crippen molar-refractivity contribution in [3.63, 3.8) is 0 Å². The maximum Gasteiger partial charge on any atom is 0.276 e. The standard InChI is InChI=1S/C11H11BrN2O3S2/c1-19(15,16)7-6-18-11-14-13-10(17-11)8-2-4-9(12)5-3-8/h2-5H,6-7H2,1H3. The number of aromatic nitrogens is 2. The van der Waals surface area contributed by atoms with E-state index in [0.29, 0.717) is 16.9 Å². The molecule has 1 heterocycles. The molecule has 0 aliphatic carbocycles. The first-order chi connectivity index (χ1) is 8.94. The molecule has 0 N–H and O–H groups in total. The van der Waals surface area contributed by atoms with Gasteiger partial charge in [0, 0.05) is 22.0 Å². The molecule has 19 heavy (non-hydrogen) atoms. The van der Waals surface area contributed by atoms with Crippen molar-refractivity contribution < 1.29 is 12.8 Å². The molecule has 0 radical (unpaired) electrons. The normalized spacial score (nSPS) is 11.7. The summed E-state index contributed by atoms with van der Waals surface area (Å²) in [4.78, 5) is 0. The zero-order valence-corrected chi connectivity index (χ0v) is 13.3. The lowest BCUT2D eigenvalue weighted by Gasteiger charge is -1.95. The average Bonchev–Trinajstić information content (AvgIpc) is 2.77. The Morgan fingerprint density at radius 2 is 1.95 bits per heavy atom. The number of rotatable bonds is 5. The monoisotopic (exact) mass is 362 g/mol. The minimum absolute atomic E-state index is 0.0909. The van der Waals surface area contributed by atoms with Gasteiger partial charge < -0.3 is 4.42 Å². The van der Waals surface area contributed by atoms with E-state index in [0.717, 1.165) is 10.0 Å². The highest BCUT2D eigenvalue weighted by Gasteiger charge is 2.10. The van der Waals surface area contributed by atoms with Gasteiger partial charge >= 0.3 is 0 Å². The first-order valence-electron chi connectivity index (χ1n) is 5.34. The molecule has 0 aliphatic rings. The molecule has 0 spiro atoms. The van der Waals surface area contributed by atoms with Gasteiger partial charge in [0.2, 0.25) is 5.89 Å². The minimum atomic E-state index is -2.96.